The average Bonchev–Trinajstić information content (AvgIpc) is 2.79. The van der Waals surface area contributed by atoms with Gasteiger partial charge in [0.15, 0.2) is 0 Å². The van der Waals surface area contributed by atoms with Gasteiger partial charge in [-0.3, -0.25) is 4.79 Å². The summed E-state index contributed by atoms with van der Waals surface area (Å²) in [4.78, 5) is 12.3. The van der Waals surface area contributed by atoms with E-state index in [1.807, 2.05) is 0 Å². The Morgan fingerprint density at radius 2 is 1.63 bits per heavy atom. The Bertz CT molecular complexity index is 356. The van der Waals surface area contributed by atoms with E-state index in [0.29, 0.717) is 19.0 Å². The van der Waals surface area contributed by atoms with E-state index in [1.165, 1.54) is 32.1 Å². The zero-order chi connectivity index (χ0) is 13.0. The van der Waals surface area contributed by atoms with E-state index in [-0.39, 0.29) is 18.1 Å². The highest BCUT2D eigenvalue weighted by Crippen LogP contribution is 2.53. The fourth-order valence-corrected chi connectivity index (χ4v) is 5.34. The molecule has 4 nitrogen and oxygen atoms in total. The van der Waals surface area contributed by atoms with E-state index in [4.69, 9.17) is 0 Å². The summed E-state index contributed by atoms with van der Waals surface area (Å²) in [6, 6.07) is 0.243. The second-order valence-corrected chi connectivity index (χ2v) is 7.32. The normalized spacial score (nSPS) is 51.5. The van der Waals surface area contributed by atoms with Crippen molar-refractivity contribution in [2.75, 3.05) is 6.54 Å². The molecule has 1 amide bonds. The van der Waals surface area contributed by atoms with Crippen molar-refractivity contribution in [3.63, 3.8) is 0 Å². The summed E-state index contributed by atoms with van der Waals surface area (Å²) >= 11 is 0. The number of aliphatic hydroxyl groups is 1. The third kappa shape index (κ3) is 2.09. The Balaban J connectivity index is 1.41. The number of hydrogen-bond acceptors (Lipinski definition) is 3. The van der Waals surface area contributed by atoms with Gasteiger partial charge >= 0.3 is 0 Å². The van der Waals surface area contributed by atoms with Crippen molar-refractivity contribution in [3.05, 3.63) is 0 Å². The molecule has 0 aromatic heterocycles. The van der Waals surface area contributed by atoms with Crippen LogP contribution in [-0.4, -0.2) is 35.7 Å². The quantitative estimate of drug-likeness (QED) is 0.686. The lowest BCUT2D eigenvalue weighted by Gasteiger charge is -2.54. The van der Waals surface area contributed by atoms with E-state index in [9.17, 15) is 9.90 Å². The van der Waals surface area contributed by atoms with Crippen LogP contribution in [0.25, 0.3) is 0 Å². The zero-order valence-electron chi connectivity index (χ0n) is 11.3. The highest BCUT2D eigenvalue weighted by Gasteiger charge is 2.49. The summed E-state index contributed by atoms with van der Waals surface area (Å²) in [6.07, 6.45) is 6.99. The Morgan fingerprint density at radius 3 is 2.16 bits per heavy atom. The first-order chi connectivity index (χ1) is 9.19. The van der Waals surface area contributed by atoms with Gasteiger partial charge in [0.25, 0.3) is 0 Å². The minimum absolute atomic E-state index is 0.119. The summed E-state index contributed by atoms with van der Waals surface area (Å²) in [7, 11) is 0. The van der Waals surface area contributed by atoms with Crippen LogP contribution >= 0.6 is 0 Å². The molecular weight excluding hydrogens is 240 g/mol. The van der Waals surface area contributed by atoms with Crippen molar-refractivity contribution in [1.82, 2.24) is 10.6 Å². The lowest BCUT2D eigenvalue weighted by molar-refractivity contribution is -0.126. The van der Waals surface area contributed by atoms with E-state index in [0.717, 1.165) is 23.7 Å². The van der Waals surface area contributed by atoms with Gasteiger partial charge in [-0.05, 0) is 62.2 Å². The van der Waals surface area contributed by atoms with Gasteiger partial charge in [-0.25, -0.2) is 0 Å². The van der Waals surface area contributed by atoms with Gasteiger partial charge < -0.3 is 15.7 Å². The van der Waals surface area contributed by atoms with E-state index in [1.54, 1.807) is 0 Å². The monoisotopic (exact) mass is 264 g/mol. The van der Waals surface area contributed by atoms with Crippen LogP contribution in [0, 0.1) is 23.7 Å². The Labute approximate surface area is 114 Å². The van der Waals surface area contributed by atoms with Crippen LogP contribution in [0.15, 0.2) is 0 Å². The van der Waals surface area contributed by atoms with E-state index in [2.05, 4.69) is 10.6 Å². The first-order valence-corrected chi connectivity index (χ1v) is 7.91. The molecule has 0 radical (unpaired) electrons. The molecule has 1 heterocycles. The topological polar surface area (TPSA) is 61.4 Å². The van der Waals surface area contributed by atoms with Crippen molar-refractivity contribution in [2.24, 2.45) is 23.7 Å². The van der Waals surface area contributed by atoms with Crippen molar-refractivity contribution in [2.45, 2.75) is 56.7 Å². The minimum Gasteiger partial charge on any atom is -0.392 e. The fraction of sp³-hybridized carbons (Fsp3) is 0.933. The van der Waals surface area contributed by atoms with Crippen molar-refractivity contribution >= 4 is 5.91 Å². The lowest BCUT2D eigenvalue weighted by atomic mass is 9.54. The molecule has 0 spiro atoms. The van der Waals surface area contributed by atoms with Gasteiger partial charge in [-0.2, -0.15) is 0 Å². The fourth-order valence-electron chi connectivity index (χ4n) is 5.34. The molecule has 0 aromatic rings. The lowest BCUT2D eigenvalue weighted by Crippen LogP contribution is -2.58. The summed E-state index contributed by atoms with van der Waals surface area (Å²) in [6.45, 7) is 0.555. The molecule has 19 heavy (non-hydrogen) atoms. The number of carbonyl (C=O) groups is 1. The smallest absolute Gasteiger partial charge is 0.237 e. The van der Waals surface area contributed by atoms with Gasteiger partial charge in [0, 0.05) is 12.6 Å². The largest absolute Gasteiger partial charge is 0.392 e. The summed E-state index contributed by atoms with van der Waals surface area (Å²) < 4.78 is 0. The highest BCUT2D eigenvalue weighted by atomic mass is 16.3. The van der Waals surface area contributed by atoms with E-state index >= 15 is 0 Å². The average molecular weight is 264 g/mol. The standard InChI is InChI=1S/C15H24N2O2/c18-12-6-13(16-7-12)15(19)17-14-10-2-8-1-9(4-10)5-11(14)3-8/h8-14,16,18H,1-7H2,(H,17,19)/t8?,9?,10?,11?,12-,13-,14?/m1/s1. The molecular formula is C15H24N2O2. The number of hydrogen-bond donors (Lipinski definition) is 3. The molecule has 0 aromatic carbocycles. The molecule has 106 valence electrons. The molecule has 4 bridgehead atoms. The second kappa shape index (κ2) is 4.45. The molecule has 4 saturated carbocycles. The van der Waals surface area contributed by atoms with Crippen LogP contribution in [-0.2, 0) is 4.79 Å². The third-order valence-electron chi connectivity index (χ3n) is 5.96. The van der Waals surface area contributed by atoms with Crippen molar-refractivity contribution < 1.29 is 9.90 Å². The number of aliphatic hydroxyl groups excluding tert-OH is 1. The number of carbonyl (C=O) groups excluding carboxylic acids is 1. The molecule has 4 heteroatoms. The molecule has 2 atom stereocenters. The first kappa shape index (κ1) is 12.2. The highest BCUT2D eigenvalue weighted by molar-refractivity contribution is 5.82. The maximum atomic E-state index is 12.3. The molecule has 1 saturated heterocycles. The van der Waals surface area contributed by atoms with Gasteiger partial charge in [-0.15, -0.1) is 0 Å². The SMILES string of the molecule is O=C(NC1C2CC3CC(C2)CC1C3)[C@H]1C[C@@H](O)CN1. The second-order valence-electron chi connectivity index (χ2n) is 7.32. The van der Waals surface area contributed by atoms with Gasteiger partial charge in [0.2, 0.25) is 5.91 Å². The Hall–Kier alpha value is -0.610. The van der Waals surface area contributed by atoms with Crippen LogP contribution in [0.2, 0.25) is 0 Å². The van der Waals surface area contributed by atoms with Crippen LogP contribution < -0.4 is 10.6 Å². The number of nitrogens with one attached hydrogen (secondary N) is 2. The minimum atomic E-state index is -0.353. The Morgan fingerprint density at radius 1 is 1.00 bits per heavy atom. The zero-order valence-corrected chi connectivity index (χ0v) is 11.3. The number of rotatable bonds is 2. The van der Waals surface area contributed by atoms with Crippen LogP contribution in [0.4, 0.5) is 0 Å². The summed E-state index contributed by atoms with van der Waals surface area (Å²) in [5.41, 5.74) is 0. The molecule has 5 fully saturated rings. The van der Waals surface area contributed by atoms with Crippen molar-refractivity contribution in [1.29, 1.82) is 0 Å². The third-order valence-corrected chi connectivity index (χ3v) is 5.96. The number of β-amino-alcohol motifs (C(OH)–C–C–N with tert-alkyl or cyclic N) is 1. The molecule has 4 aliphatic carbocycles. The van der Waals surface area contributed by atoms with Gasteiger partial charge in [0.1, 0.15) is 0 Å². The van der Waals surface area contributed by atoms with Crippen LogP contribution in [0.3, 0.4) is 0 Å². The molecule has 5 rings (SSSR count). The van der Waals surface area contributed by atoms with Gasteiger partial charge in [-0.1, -0.05) is 0 Å². The molecule has 3 N–H and O–H groups in total. The maximum Gasteiger partial charge on any atom is 0.237 e. The van der Waals surface area contributed by atoms with Gasteiger partial charge in [0.05, 0.1) is 12.1 Å². The Kier molecular flexibility index (Phi) is 2.85. The number of amides is 1. The van der Waals surface area contributed by atoms with Crippen molar-refractivity contribution in [3.8, 4) is 0 Å². The van der Waals surface area contributed by atoms with E-state index < -0.39 is 0 Å². The summed E-state index contributed by atoms with van der Waals surface area (Å²) in [5, 5.41) is 15.9. The molecule has 0 unspecified atom stereocenters. The van der Waals surface area contributed by atoms with Crippen LogP contribution in [0.1, 0.15) is 38.5 Å². The molecule has 5 aliphatic rings. The first-order valence-electron chi connectivity index (χ1n) is 7.91. The van der Waals surface area contributed by atoms with Crippen LogP contribution in [0.5, 0.6) is 0 Å². The predicted octanol–water partition coefficient (Wildman–Crippen LogP) is 0.650. The predicted molar refractivity (Wildman–Crippen MR) is 71.4 cm³/mol. The summed E-state index contributed by atoms with van der Waals surface area (Å²) in [5.74, 6) is 3.47. The maximum absolute atomic E-state index is 12.3. The molecule has 1 aliphatic heterocycles.